The van der Waals surface area contributed by atoms with Gasteiger partial charge in [-0.1, -0.05) is 60.1 Å². The molecule has 0 radical (unpaired) electrons. The van der Waals surface area contributed by atoms with Gasteiger partial charge in [0.2, 0.25) is 5.91 Å². The molecule has 0 aromatic rings. The molecule has 0 spiro atoms. The second kappa shape index (κ2) is 14.6. The summed E-state index contributed by atoms with van der Waals surface area (Å²) in [6.45, 7) is 19.7. The molecule has 1 heterocycles. The monoisotopic (exact) mass is 797 g/mol. The normalized spacial score (nSPS) is 41.7. The lowest BCUT2D eigenvalue weighted by Gasteiger charge is -2.70. The van der Waals surface area contributed by atoms with Crippen LogP contribution < -0.4 is 5.32 Å². The number of carbonyl (C=O) groups is 7. The molecular formula is C44H63NO12. The molecule has 0 aromatic heterocycles. The molecule has 5 fully saturated rings. The molecule has 316 valence electrons. The van der Waals surface area contributed by atoms with Gasteiger partial charge in [-0.15, -0.1) is 0 Å². The summed E-state index contributed by atoms with van der Waals surface area (Å²) in [5.41, 5.74) is -1.84. The van der Waals surface area contributed by atoms with Gasteiger partial charge >= 0.3 is 23.9 Å². The van der Waals surface area contributed by atoms with Gasteiger partial charge in [0.1, 0.15) is 29.7 Å². The smallest absolute Gasteiger partial charge is 0.303 e. The summed E-state index contributed by atoms with van der Waals surface area (Å²) >= 11 is 0. The van der Waals surface area contributed by atoms with E-state index in [1.54, 1.807) is 0 Å². The number of carbonyl (C=O) groups excluding carboxylic acids is 7. The topological polar surface area (TPSA) is 178 Å². The molecule has 0 aromatic carbocycles. The number of hydrogen-bond acceptors (Lipinski definition) is 12. The van der Waals surface area contributed by atoms with Crippen molar-refractivity contribution in [1.29, 1.82) is 0 Å². The maximum Gasteiger partial charge on any atom is 0.303 e. The summed E-state index contributed by atoms with van der Waals surface area (Å²) in [6, 6.07) is 0. The first kappa shape index (κ1) is 43.0. The third-order valence-electron chi connectivity index (χ3n) is 15.9. The van der Waals surface area contributed by atoms with Crippen LogP contribution in [0.2, 0.25) is 0 Å². The zero-order valence-electron chi connectivity index (χ0n) is 35.7. The Morgan fingerprint density at radius 3 is 1.98 bits per heavy atom. The zero-order valence-corrected chi connectivity index (χ0v) is 35.7. The van der Waals surface area contributed by atoms with Crippen molar-refractivity contribution in [1.82, 2.24) is 5.32 Å². The number of fused-ring (bicyclic) bond motifs is 7. The highest BCUT2D eigenvalue weighted by molar-refractivity contribution is 6.08. The lowest BCUT2D eigenvalue weighted by Crippen LogP contribution is -2.70. The maximum atomic E-state index is 15.3. The number of rotatable bonds is 7. The molecule has 1 N–H and O–H groups in total. The van der Waals surface area contributed by atoms with Crippen molar-refractivity contribution in [3.05, 3.63) is 11.6 Å². The van der Waals surface area contributed by atoms with Gasteiger partial charge in [0.15, 0.2) is 24.5 Å². The summed E-state index contributed by atoms with van der Waals surface area (Å²) < 4.78 is 28.3. The molecule has 0 bridgehead atoms. The van der Waals surface area contributed by atoms with Crippen molar-refractivity contribution in [3.8, 4) is 0 Å². The Kier molecular flexibility index (Phi) is 11.0. The number of Topliss-reactive ketones (excluding diaryl/α,β-unsaturated/α-hetero) is 2. The van der Waals surface area contributed by atoms with Crippen LogP contribution >= 0.6 is 0 Å². The second-order valence-corrected chi connectivity index (χ2v) is 20.0. The molecular weight excluding hydrogens is 734 g/mol. The molecule has 13 heteroatoms. The van der Waals surface area contributed by atoms with Crippen molar-refractivity contribution in [2.45, 2.75) is 165 Å². The number of hydrogen-bond donors (Lipinski definition) is 1. The van der Waals surface area contributed by atoms with Crippen LogP contribution in [0.1, 0.15) is 134 Å². The summed E-state index contributed by atoms with van der Waals surface area (Å²) in [6.07, 6.45) is 0.828. The molecule has 13 nitrogen and oxygen atoms in total. The van der Waals surface area contributed by atoms with E-state index in [0.717, 1.165) is 52.0 Å². The van der Waals surface area contributed by atoms with Gasteiger partial charge in [-0.05, 0) is 73.0 Å². The van der Waals surface area contributed by atoms with Crippen molar-refractivity contribution in [2.24, 2.45) is 50.2 Å². The van der Waals surface area contributed by atoms with E-state index in [0.29, 0.717) is 25.0 Å². The van der Waals surface area contributed by atoms with Crippen LogP contribution in [0.5, 0.6) is 0 Å². The van der Waals surface area contributed by atoms with Crippen LogP contribution in [0, 0.1) is 50.2 Å². The van der Waals surface area contributed by atoms with E-state index < -0.39 is 89.2 Å². The molecule has 5 aliphatic carbocycles. The molecule has 1 amide bonds. The van der Waals surface area contributed by atoms with E-state index >= 15 is 9.59 Å². The fourth-order valence-corrected chi connectivity index (χ4v) is 12.9. The van der Waals surface area contributed by atoms with Gasteiger partial charge in [-0.2, -0.15) is 0 Å². The van der Waals surface area contributed by atoms with Gasteiger partial charge in [0.25, 0.3) is 0 Å². The van der Waals surface area contributed by atoms with E-state index in [-0.39, 0.29) is 46.7 Å². The van der Waals surface area contributed by atoms with E-state index in [4.69, 9.17) is 23.7 Å². The highest BCUT2D eigenvalue weighted by atomic mass is 16.7. The van der Waals surface area contributed by atoms with Crippen molar-refractivity contribution < 1.29 is 57.2 Å². The quantitative estimate of drug-likeness (QED) is 0.143. The average Bonchev–Trinajstić information content (AvgIpc) is 3.08. The van der Waals surface area contributed by atoms with Crippen LogP contribution in [-0.4, -0.2) is 78.6 Å². The van der Waals surface area contributed by atoms with Gasteiger partial charge in [0.05, 0.1) is 0 Å². The molecule has 4 saturated carbocycles. The summed E-state index contributed by atoms with van der Waals surface area (Å²) in [5, 5.41) is 2.93. The summed E-state index contributed by atoms with van der Waals surface area (Å²) in [4.78, 5) is 93.0. The first-order valence-electron chi connectivity index (χ1n) is 20.7. The van der Waals surface area contributed by atoms with Gasteiger partial charge in [0, 0.05) is 57.3 Å². The average molecular weight is 798 g/mol. The lowest BCUT2D eigenvalue weighted by atomic mass is 9.33. The van der Waals surface area contributed by atoms with Crippen molar-refractivity contribution in [2.75, 3.05) is 6.61 Å². The van der Waals surface area contributed by atoms with E-state index in [1.807, 2.05) is 0 Å². The molecule has 57 heavy (non-hydrogen) atoms. The number of esters is 4. The fraction of sp³-hybridized carbons (Fsp3) is 0.795. The Labute approximate surface area is 336 Å². The Bertz CT molecular complexity index is 1770. The number of amides is 1. The molecule has 6 rings (SSSR count). The van der Waals surface area contributed by atoms with E-state index in [1.165, 1.54) is 6.92 Å². The van der Waals surface area contributed by atoms with Crippen molar-refractivity contribution >= 4 is 41.4 Å². The highest BCUT2D eigenvalue weighted by Gasteiger charge is 2.71. The Morgan fingerprint density at radius 1 is 0.754 bits per heavy atom. The summed E-state index contributed by atoms with van der Waals surface area (Å²) in [5.74, 6) is -3.37. The third-order valence-corrected chi connectivity index (χ3v) is 15.9. The Morgan fingerprint density at radius 2 is 1.37 bits per heavy atom. The van der Waals surface area contributed by atoms with Crippen LogP contribution in [0.15, 0.2) is 11.6 Å². The number of allylic oxidation sites excluding steroid dienone is 2. The molecule has 6 aliphatic rings. The molecule has 1 saturated heterocycles. The van der Waals surface area contributed by atoms with Crippen LogP contribution in [0.4, 0.5) is 0 Å². The number of ether oxygens (including phenoxy) is 5. The number of ketones is 2. The molecule has 12 atom stereocenters. The van der Waals surface area contributed by atoms with Crippen LogP contribution in [-0.2, 0) is 57.2 Å². The number of nitrogens with one attached hydrogen (secondary N) is 1. The SMILES string of the molecule is CC(=O)OC[C@H]1O[C@@H](NC(=O)[C@]23CCC(C)(C)C[C@H]2C2=CC[C@@H]4[C@@]5(C)CCC(=O)C(C)(C)[C@@H]5CC[C@@]4(C)[C@]2(C)CC3=O)[C@H](OC(C)=O)[C@@H](OC(C)=O)[C@H]1OC(C)=O. The van der Waals surface area contributed by atoms with Crippen LogP contribution in [0.3, 0.4) is 0 Å². The molecule has 0 unspecified atom stereocenters. The maximum absolute atomic E-state index is 15.3. The first-order valence-corrected chi connectivity index (χ1v) is 20.7. The minimum Gasteiger partial charge on any atom is -0.463 e. The van der Waals surface area contributed by atoms with Crippen molar-refractivity contribution in [3.63, 3.8) is 0 Å². The zero-order chi connectivity index (χ0) is 42.3. The molecule has 1 aliphatic heterocycles. The van der Waals surface area contributed by atoms with Gasteiger partial charge in [-0.3, -0.25) is 33.6 Å². The van der Waals surface area contributed by atoms with Crippen LogP contribution in [0.25, 0.3) is 0 Å². The first-order chi connectivity index (χ1) is 26.3. The van der Waals surface area contributed by atoms with E-state index in [2.05, 4.69) is 59.9 Å². The predicted octanol–water partition coefficient (Wildman–Crippen LogP) is 5.74. The van der Waals surface area contributed by atoms with Gasteiger partial charge in [-0.25, -0.2) is 0 Å². The second-order valence-electron chi connectivity index (χ2n) is 20.0. The fourth-order valence-electron chi connectivity index (χ4n) is 12.9. The summed E-state index contributed by atoms with van der Waals surface area (Å²) in [7, 11) is 0. The lowest BCUT2D eigenvalue weighted by molar-refractivity contribution is -0.257. The van der Waals surface area contributed by atoms with E-state index in [9.17, 15) is 24.0 Å². The Hall–Kier alpha value is -3.61. The largest absolute Gasteiger partial charge is 0.463 e. The standard InChI is InChI=1S/C44H63NO12/c1-23(46)53-22-29-34(54-24(2)47)35(55-25(3)48)36(56-26(4)49)37(57-29)45-38(52)44-19-18-39(5,6)20-28(44)27-12-13-31-41(9)16-15-32(50)40(7,8)30(41)14-17-42(31,10)43(27,11)21-33(44)51/h12,28-31,34-37H,13-22H2,1-11H3,(H,45,52)/t28-,29+,30-,31+,34-,35-,36+,37+,41-,42+,43+,44+/m0/s1. The minimum atomic E-state index is -1.50. The predicted molar refractivity (Wildman–Crippen MR) is 205 cm³/mol. The Balaban J connectivity index is 1.41. The minimum absolute atomic E-state index is 0.0919. The third kappa shape index (κ3) is 6.95. The highest BCUT2D eigenvalue weighted by Crippen LogP contribution is 2.75. The van der Waals surface area contributed by atoms with Gasteiger partial charge < -0.3 is 29.0 Å².